The molecule has 0 fully saturated rings. The summed E-state index contributed by atoms with van der Waals surface area (Å²) in [6.45, 7) is 2.02. The fourth-order valence-electron chi connectivity index (χ4n) is 2.62. The van der Waals surface area contributed by atoms with Crippen molar-refractivity contribution in [2.24, 2.45) is 0 Å². The maximum absolute atomic E-state index is 12.7. The predicted octanol–water partition coefficient (Wildman–Crippen LogP) is 5.44. The highest BCUT2D eigenvalue weighted by Crippen LogP contribution is 2.22. The molecule has 3 heteroatoms. The van der Waals surface area contributed by atoms with E-state index in [9.17, 15) is 4.79 Å². The molecule has 0 aromatic heterocycles. The second-order valence-corrected chi connectivity index (χ2v) is 6.79. The van der Waals surface area contributed by atoms with Crippen molar-refractivity contribution in [3.63, 3.8) is 0 Å². The highest BCUT2D eigenvalue weighted by molar-refractivity contribution is 14.1. The van der Waals surface area contributed by atoms with Crippen LogP contribution in [0.1, 0.15) is 27.0 Å². The molecule has 120 valence electrons. The van der Waals surface area contributed by atoms with Gasteiger partial charge in [-0.25, -0.2) is 0 Å². The third-order valence-corrected chi connectivity index (χ3v) is 5.37. The summed E-state index contributed by atoms with van der Waals surface area (Å²) in [5.74, 6) is -0.0661. The van der Waals surface area contributed by atoms with E-state index in [1.807, 2.05) is 61.5 Å². The van der Waals surface area contributed by atoms with Crippen LogP contribution in [0.4, 0.5) is 5.69 Å². The zero-order valence-electron chi connectivity index (χ0n) is 13.4. The van der Waals surface area contributed by atoms with Gasteiger partial charge in [-0.2, -0.15) is 0 Å². The van der Waals surface area contributed by atoms with Crippen LogP contribution in [-0.2, 0) is 6.42 Å². The highest BCUT2D eigenvalue weighted by Gasteiger charge is 2.13. The van der Waals surface area contributed by atoms with Crippen molar-refractivity contribution in [2.45, 2.75) is 13.3 Å². The molecule has 0 atom stereocenters. The van der Waals surface area contributed by atoms with E-state index in [1.54, 1.807) is 0 Å². The summed E-state index contributed by atoms with van der Waals surface area (Å²) in [7, 11) is 0. The topological polar surface area (TPSA) is 29.1 Å². The molecular weight excluding hydrogens is 409 g/mol. The number of hydrogen-bond donors (Lipinski definition) is 1. The molecule has 3 aromatic rings. The van der Waals surface area contributed by atoms with Gasteiger partial charge >= 0.3 is 0 Å². The molecule has 1 N–H and O–H groups in total. The number of carbonyl (C=O) groups excluding carboxylic acids is 1. The minimum absolute atomic E-state index is 0.0661. The van der Waals surface area contributed by atoms with Gasteiger partial charge in [0.25, 0.3) is 5.91 Å². The van der Waals surface area contributed by atoms with E-state index < -0.39 is 0 Å². The summed E-state index contributed by atoms with van der Waals surface area (Å²) in [4.78, 5) is 12.7. The Hall–Kier alpha value is -2.14. The summed E-state index contributed by atoms with van der Waals surface area (Å²) < 4.78 is 0.994. The largest absolute Gasteiger partial charge is 0.322 e. The Kier molecular flexibility index (Phi) is 5.30. The van der Waals surface area contributed by atoms with Crippen molar-refractivity contribution in [2.75, 3.05) is 5.32 Å². The van der Waals surface area contributed by atoms with Gasteiger partial charge < -0.3 is 5.32 Å². The molecule has 0 bridgehead atoms. The highest BCUT2D eigenvalue weighted by atomic mass is 127. The predicted molar refractivity (Wildman–Crippen MR) is 108 cm³/mol. The van der Waals surface area contributed by atoms with Crippen molar-refractivity contribution in [1.29, 1.82) is 0 Å². The van der Waals surface area contributed by atoms with Crippen molar-refractivity contribution in [1.82, 2.24) is 0 Å². The van der Waals surface area contributed by atoms with E-state index >= 15 is 0 Å². The van der Waals surface area contributed by atoms with Crippen molar-refractivity contribution in [3.8, 4) is 0 Å². The Morgan fingerprint density at radius 2 is 1.62 bits per heavy atom. The van der Waals surface area contributed by atoms with Crippen molar-refractivity contribution < 1.29 is 4.79 Å². The summed E-state index contributed by atoms with van der Waals surface area (Å²) in [6, 6.07) is 24.0. The summed E-state index contributed by atoms with van der Waals surface area (Å²) in [5, 5.41) is 3.07. The number of carbonyl (C=O) groups is 1. The van der Waals surface area contributed by atoms with Crippen LogP contribution in [0.25, 0.3) is 0 Å². The maximum atomic E-state index is 12.7. The molecule has 1 amide bonds. The monoisotopic (exact) mass is 427 g/mol. The summed E-state index contributed by atoms with van der Waals surface area (Å²) in [5.41, 5.74) is 5.03. The number of aryl methyl sites for hydroxylation is 1. The van der Waals surface area contributed by atoms with Gasteiger partial charge in [-0.05, 0) is 64.8 Å². The minimum atomic E-state index is -0.0661. The first-order valence-corrected chi connectivity index (χ1v) is 8.91. The van der Waals surface area contributed by atoms with Crippen molar-refractivity contribution in [3.05, 3.63) is 98.6 Å². The lowest BCUT2D eigenvalue weighted by atomic mass is 10.0. The normalized spacial score (nSPS) is 10.4. The van der Waals surface area contributed by atoms with Crippen LogP contribution >= 0.6 is 22.6 Å². The molecule has 0 spiro atoms. The second-order valence-electron chi connectivity index (χ2n) is 5.71. The summed E-state index contributed by atoms with van der Waals surface area (Å²) in [6.07, 6.45) is 0.794. The third-order valence-electron chi connectivity index (χ3n) is 3.94. The molecule has 3 aromatic carbocycles. The molecule has 24 heavy (non-hydrogen) atoms. The molecule has 0 aliphatic rings. The van der Waals surface area contributed by atoms with Gasteiger partial charge in [0, 0.05) is 9.26 Å². The average molecular weight is 427 g/mol. The van der Waals surface area contributed by atoms with Crippen LogP contribution in [0.15, 0.2) is 72.8 Å². The van der Waals surface area contributed by atoms with E-state index in [-0.39, 0.29) is 5.91 Å². The van der Waals surface area contributed by atoms with Crippen LogP contribution < -0.4 is 5.32 Å². The number of rotatable bonds is 4. The first-order chi connectivity index (χ1) is 11.6. The Labute approximate surface area is 156 Å². The third kappa shape index (κ3) is 3.85. The zero-order chi connectivity index (χ0) is 16.9. The lowest BCUT2D eigenvalue weighted by Crippen LogP contribution is -2.15. The quantitative estimate of drug-likeness (QED) is 0.552. The molecule has 0 aliphatic heterocycles. The van der Waals surface area contributed by atoms with Gasteiger partial charge in [0.15, 0.2) is 0 Å². The van der Waals surface area contributed by atoms with Crippen LogP contribution in [0.3, 0.4) is 0 Å². The van der Waals surface area contributed by atoms with E-state index in [2.05, 4.69) is 46.1 Å². The van der Waals surface area contributed by atoms with E-state index in [0.717, 1.165) is 26.8 Å². The Balaban J connectivity index is 1.85. The SMILES string of the molecule is Cc1cccc(C(=O)Nc2ccccc2Cc2ccccc2)c1I. The lowest BCUT2D eigenvalue weighted by Gasteiger charge is -2.13. The van der Waals surface area contributed by atoms with E-state index in [4.69, 9.17) is 0 Å². The molecule has 0 aliphatic carbocycles. The molecule has 0 radical (unpaired) electrons. The molecule has 3 rings (SSSR count). The smallest absolute Gasteiger partial charge is 0.256 e. The standard InChI is InChI=1S/C21H18INO/c1-15-8-7-12-18(20(15)22)21(24)23-19-13-6-5-11-17(19)14-16-9-3-2-4-10-16/h2-13H,14H2,1H3,(H,23,24). The first kappa shape index (κ1) is 16.7. The molecule has 0 unspecified atom stereocenters. The average Bonchev–Trinajstić information content (AvgIpc) is 2.60. The van der Waals surface area contributed by atoms with Crippen LogP contribution in [0.2, 0.25) is 0 Å². The lowest BCUT2D eigenvalue weighted by molar-refractivity contribution is 0.102. The van der Waals surface area contributed by atoms with Gasteiger partial charge in [-0.15, -0.1) is 0 Å². The zero-order valence-corrected chi connectivity index (χ0v) is 15.6. The van der Waals surface area contributed by atoms with Gasteiger partial charge in [0.05, 0.1) is 5.56 Å². The molecule has 0 heterocycles. The van der Waals surface area contributed by atoms with Gasteiger partial charge in [0.2, 0.25) is 0 Å². The number of amides is 1. The molecule has 0 saturated carbocycles. The molecule has 0 saturated heterocycles. The Morgan fingerprint density at radius 3 is 2.42 bits per heavy atom. The van der Waals surface area contributed by atoms with Crippen LogP contribution in [0, 0.1) is 10.5 Å². The number of nitrogens with one attached hydrogen (secondary N) is 1. The summed E-state index contributed by atoms with van der Waals surface area (Å²) >= 11 is 2.23. The van der Waals surface area contributed by atoms with Crippen LogP contribution in [0.5, 0.6) is 0 Å². The number of hydrogen-bond acceptors (Lipinski definition) is 1. The fourth-order valence-corrected chi connectivity index (χ4v) is 3.23. The number of halogens is 1. The minimum Gasteiger partial charge on any atom is -0.322 e. The number of benzene rings is 3. The van der Waals surface area contributed by atoms with E-state index in [1.165, 1.54) is 5.56 Å². The second kappa shape index (κ2) is 7.62. The van der Waals surface area contributed by atoms with Crippen LogP contribution in [-0.4, -0.2) is 5.91 Å². The van der Waals surface area contributed by atoms with Gasteiger partial charge in [-0.1, -0.05) is 60.7 Å². The molecule has 2 nitrogen and oxygen atoms in total. The number of anilines is 1. The van der Waals surface area contributed by atoms with E-state index in [0.29, 0.717) is 5.56 Å². The van der Waals surface area contributed by atoms with Gasteiger partial charge in [-0.3, -0.25) is 4.79 Å². The number of para-hydroxylation sites is 1. The fraction of sp³-hybridized carbons (Fsp3) is 0.0952. The Morgan fingerprint density at radius 1 is 0.917 bits per heavy atom. The first-order valence-electron chi connectivity index (χ1n) is 7.83. The maximum Gasteiger partial charge on any atom is 0.256 e. The van der Waals surface area contributed by atoms with Crippen molar-refractivity contribution >= 4 is 34.2 Å². The molecular formula is C21H18INO. The van der Waals surface area contributed by atoms with Gasteiger partial charge in [0.1, 0.15) is 0 Å². The Bertz CT molecular complexity index is 859.